The van der Waals surface area contributed by atoms with Crippen molar-refractivity contribution >= 4 is 5.91 Å². The third kappa shape index (κ3) is 5.34. The first kappa shape index (κ1) is 21.0. The molecule has 0 spiro atoms. The van der Waals surface area contributed by atoms with Gasteiger partial charge >= 0.3 is 6.18 Å². The van der Waals surface area contributed by atoms with Crippen LogP contribution in [0.25, 0.3) is 0 Å². The second-order valence-corrected chi connectivity index (χ2v) is 7.31. The third-order valence-corrected chi connectivity index (χ3v) is 4.50. The van der Waals surface area contributed by atoms with Crippen molar-refractivity contribution in [2.45, 2.75) is 59.8 Å². The van der Waals surface area contributed by atoms with Gasteiger partial charge in [-0.1, -0.05) is 26.0 Å². The smallest absolute Gasteiger partial charge is 0.349 e. The molecule has 0 saturated carbocycles. The Morgan fingerprint density at radius 1 is 1.22 bits per heavy atom. The maximum absolute atomic E-state index is 12.9. The molecular formula is C20H26F3N3O. The number of alkyl halides is 3. The van der Waals surface area contributed by atoms with Crippen LogP contribution in [0.2, 0.25) is 0 Å². The van der Waals surface area contributed by atoms with Gasteiger partial charge in [0.1, 0.15) is 0 Å². The number of hydrogen-bond acceptors (Lipinski definition) is 2. The fourth-order valence-corrected chi connectivity index (χ4v) is 3.03. The van der Waals surface area contributed by atoms with E-state index in [2.05, 4.69) is 24.3 Å². The molecule has 2 aromatic rings. The molecule has 1 aromatic carbocycles. The number of rotatable bonds is 6. The van der Waals surface area contributed by atoms with Crippen molar-refractivity contribution in [3.05, 3.63) is 52.3 Å². The zero-order valence-electron chi connectivity index (χ0n) is 16.3. The Labute approximate surface area is 157 Å². The minimum absolute atomic E-state index is 0.152. The van der Waals surface area contributed by atoms with Gasteiger partial charge in [-0.15, -0.1) is 0 Å². The molecular weight excluding hydrogens is 355 g/mol. The lowest BCUT2D eigenvalue weighted by atomic mass is 10.0. The second kappa shape index (κ2) is 8.15. The quantitative estimate of drug-likeness (QED) is 0.795. The summed E-state index contributed by atoms with van der Waals surface area (Å²) >= 11 is 0. The standard InChI is InChI=1S/C20H26F3N3O/c1-12(2)11-26-15(5)18(14(4)25-26)10-19(27)24-13(3)16-7-6-8-17(9-16)20(21,22)23/h6-9,12-13H,10-11H2,1-5H3,(H,24,27). The van der Waals surface area contributed by atoms with E-state index < -0.39 is 17.8 Å². The van der Waals surface area contributed by atoms with Gasteiger partial charge in [-0.25, -0.2) is 0 Å². The summed E-state index contributed by atoms with van der Waals surface area (Å²) in [6.07, 6.45) is -4.25. The number of hydrogen-bond donors (Lipinski definition) is 1. The number of halogens is 3. The molecule has 0 radical (unpaired) electrons. The molecule has 0 aliphatic carbocycles. The summed E-state index contributed by atoms with van der Waals surface area (Å²) in [5.74, 6) is 0.195. The monoisotopic (exact) mass is 381 g/mol. The highest BCUT2D eigenvalue weighted by Crippen LogP contribution is 2.30. The zero-order chi connectivity index (χ0) is 20.4. The van der Waals surface area contributed by atoms with Crippen molar-refractivity contribution in [2.75, 3.05) is 0 Å². The molecule has 0 bridgehead atoms. The van der Waals surface area contributed by atoms with E-state index in [1.165, 1.54) is 6.07 Å². The van der Waals surface area contributed by atoms with Crippen LogP contribution in [-0.4, -0.2) is 15.7 Å². The highest BCUT2D eigenvalue weighted by Gasteiger charge is 2.30. The number of carbonyl (C=O) groups excluding carboxylic acids is 1. The lowest BCUT2D eigenvalue weighted by molar-refractivity contribution is -0.137. The Hall–Kier alpha value is -2.31. The predicted molar refractivity (Wildman–Crippen MR) is 98.2 cm³/mol. The summed E-state index contributed by atoms with van der Waals surface area (Å²) in [5.41, 5.74) is 2.31. The molecule has 1 aromatic heterocycles. The van der Waals surface area contributed by atoms with Gasteiger partial charge < -0.3 is 5.32 Å². The van der Waals surface area contributed by atoms with Crippen LogP contribution < -0.4 is 5.32 Å². The van der Waals surface area contributed by atoms with Crippen LogP contribution in [-0.2, 0) is 23.9 Å². The lowest BCUT2D eigenvalue weighted by Crippen LogP contribution is -2.28. The minimum Gasteiger partial charge on any atom is -0.349 e. The number of aryl methyl sites for hydroxylation is 1. The molecule has 1 amide bonds. The highest BCUT2D eigenvalue weighted by molar-refractivity contribution is 5.79. The van der Waals surface area contributed by atoms with Crippen LogP contribution in [0.5, 0.6) is 0 Å². The Morgan fingerprint density at radius 3 is 2.48 bits per heavy atom. The molecule has 0 aliphatic rings. The van der Waals surface area contributed by atoms with E-state index in [9.17, 15) is 18.0 Å². The van der Waals surface area contributed by atoms with E-state index in [1.54, 1.807) is 13.0 Å². The Morgan fingerprint density at radius 2 is 1.89 bits per heavy atom. The van der Waals surface area contributed by atoms with Crippen LogP contribution in [0.3, 0.4) is 0 Å². The van der Waals surface area contributed by atoms with Gasteiger partial charge in [0.15, 0.2) is 0 Å². The van der Waals surface area contributed by atoms with Crippen molar-refractivity contribution in [1.82, 2.24) is 15.1 Å². The summed E-state index contributed by atoms with van der Waals surface area (Å²) in [6, 6.07) is 4.50. The van der Waals surface area contributed by atoms with E-state index >= 15 is 0 Å². The first-order valence-electron chi connectivity index (χ1n) is 8.98. The normalized spacial score (nSPS) is 13.1. The number of nitrogens with one attached hydrogen (secondary N) is 1. The van der Waals surface area contributed by atoms with Gasteiger partial charge in [0.2, 0.25) is 5.91 Å². The van der Waals surface area contributed by atoms with Crippen molar-refractivity contribution < 1.29 is 18.0 Å². The molecule has 2 rings (SSSR count). The number of amides is 1. The van der Waals surface area contributed by atoms with E-state index in [1.807, 2.05) is 18.5 Å². The lowest BCUT2D eigenvalue weighted by Gasteiger charge is -2.16. The maximum Gasteiger partial charge on any atom is 0.416 e. The average molecular weight is 381 g/mol. The Balaban J connectivity index is 2.09. The molecule has 27 heavy (non-hydrogen) atoms. The predicted octanol–water partition coefficient (Wildman–Crippen LogP) is 4.59. The molecule has 1 atom stereocenters. The first-order chi connectivity index (χ1) is 12.5. The fraction of sp³-hybridized carbons (Fsp3) is 0.500. The van der Waals surface area contributed by atoms with Gasteiger partial charge in [-0.2, -0.15) is 18.3 Å². The topological polar surface area (TPSA) is 46.9 Å². The Kier molecular flexibility index (Phi) is 6.34. The summed E-state index contributed by atoms with van der Waals surface area (Å²) < 4.78 is 40.5. The zero-order valence-corrected chi connectivity index (χ0v) is 16.3. The number of carbonyl (C=O) groups is 1. The van der Waals surface area contributed by atoms with Crippen LogP contribution in [0.15, 0.2) is 24.3 Å². The van der Waals surface area contributed by atoms with Crippen LogP contribution >= 0.6 is 0 Å². The molecule has 0 aliphatic heterocycles. The molecule has 1 N–H and O–H groups in total. The van der Waals surface area contributed by atoms with Gasteiger partial charge in [0.25, 0.3) is 0 Å². The number of nitrogens with zero attached hydrogens (tertiary/aromatic N) is 2. The summed E-state index contributed by atoms with van der Waals surface area (Å²) in [6.45, 7) is 10.4. The molecule has 7 heteroatoms. The van der Waals surface area contributed by atoms with Crippen molar-refractivity contribution in [3.8, 4) is 0 Å². The van der Waals surface area contributed by atoms with Gasteiger partial charge in [-0.05, 0) is 44.4 Å². The molecule has 0 fully saturated rings. The minimum atomic E-state index is -4.40. The van der Waals surface area contributed by atoms with E-state index in [0.29, 0.717) is 11.5 Å². The second-order valence-electron chi connectivity index (χ2n) is 7.31. The van der Waals surface area contributed by atoms with Crippen molar-refractivity contribution in [3.63, 3.8) is 0 Å². The fourth-order valence-electron chi connectivity index (χ4n) is 3.03. The number of benzene rings is 1. The van der Waals surface area contributed by atoms with E-state index in [4.69, 9.17) is 0 Å². The molecule has 0 saturated heterocycles. The van der Waals surface area contributed by atoms with Gasteiger partial charge in [-0.3, -0.25) is 9.48 Å². The average Bonchev–Trinajstić information content (AvgIpc) is 2.81. The molecule has 148 valence electrons. The molecule has 1 heterocycles. The number of aromatic nitrogens is 2. The Bertz CT molecular complexity index is 809. The van der Waals surface area contributed by atoms with Crippen molar-refractivity contribution in [1.29, 1.82) is 0 Å². The summed E-state index contributed by atoms with van der Waals surface area (Å²) in [4.78, 5) is 12.4. The van der Waals surface area contributed by atoms with Gasteiger partial charge in [0, 0.05) is 17.8 Å². The van der Waals surface area contributed by atoms with E-state index in [0.717, 1.165) is 35.6 Å². The van der Waals surface area contributed by atoms with Crippen LogP contribution in [0.4, 0.5) is 13.2 Å². The van der Waals surface area contributed by atoms with Crippen LogP contribution in [0.1, 0.15) is 54.9 Å². The highest BCUT2D eigenvalue weighted by atomic mass is 19.4. The largest absolute Gasteiger partial charge is 0.416 e. The summed E-state index contributed by atoms with van der Waals surface area (Å²) in [5, 5.41) is 7.28. The molecule has 1 unspecified atom stereocenters. The first-order valence-corrected chi connectivity index (χ1v) is 8.98. The molecule has 4 nitrogen and oxygen atoms in total. The van der Waals surface area contributed by atoms with Crippen LogP contribution in [0, 0.1) is 19.8 Å². The van der Waals surface area contributed by atoms with Crippen molar-refractivity contribution in [2.24, 2.45) is 5.92 Å². The third-order valence-electron chi connectivity index (χ3n) is 4.50. The maximum atomic E-state index is 12.9. The summed E-state index contributed by atoms with van der Waals surface area (Å²) in [7, 11) is 0. The van der Waals surface area contributed by atoms with Gasteiger partial charge in [0.05, 0.1) is 23.7 Å². The van der Waals surface area contributed by atoms with E-state index in [-0.39, 0.29) is 12.3 Å². The SMILES string of the molecule is Cc1nn(CC(C)C)c(C)c1CC(=O)NC(C)c1cccc(C(F)(F)F)c1.